The summed E-state index contributed by atoms with van der Waals surface area (Å²) in [5.74, 6) is -1.06. The molecule has 1 fully saturated rings. The third-order valence-corrected chi connectivity index (χ3v) is 9.03. The number of methoxy groups -OCH3 is 1. The topological polar surface area (TPSA) is 71.8 Å². The molecule has 0 bridgehead atoms. The first-order valence-corrected chi connectivity index (χ1v) is 14.5. The molecule has 212 valence electrons. The monoisotopic (exact) mass is 633 g/mol. The van der Waals surface area contributed by atoms with Crippen LogP contribution in [0, 0.1) is 5.82 Å². The standard InChI is InChI=1S/C26H21Cl3F3N3O4S/c1-39-23-18-5-3-2-4-17(18)22(13-21(23)33-8-10-34(11-9-33)25(36)26(27,28)29)40(37,38)35-14-19(24(31)32)16-7-6-15(30)12-20(16)35/h2-7,12-14,24H,8-11H2,1H3. The van der Waals surface area contributed by atoms with Crippen LogP contribution in [0.15, 0.2) is 59.6 Å². The molecule has 0 unspecified atom stereocenters. The third kappa shape index (κ3) is 4.93. The minimum atomic E-state index is -4.53. The van der Waals surface area contributed by atoms with Crippen LogP contribution in [0.5, 0.6) is 5.75 Å². The van der Waals surface area contributed by atoms with Crippen LogP contribution < -0.4 is 9.64 Å². The number of fused-ring (bicyclic) bond motifs is 2. The van der Waals surface area contributed by atoms with Crippen molar-refractivity contribution in [2.75, 3.05) is 38.2 Å². The summed E-state index contributed by atoms with van der Waals surface area (Å²) in [6.07, 6.45) is -2.16. The Morgan fingerprint density at radius 1 is 0.975 bits per heavy atom. The van der Waals surface area contributed by atoms with Crippen LogP contribution in [-0.2, 0) is 14.8 Å². The number of alkyl halides is 5. The molecule has 40 heavy (non-hydrogen) atoms. The third-order valence-electron chi connectivity index (χ3n) is 6.83. The van der Waals surface area contributed by atoms with E-state index in [-0.39, 0.29) is 47.4 Å². The summed E-state index contributed by atoms with van der Waals surface area (Å²) in [6.45, 7) is 0.885. The van der Waals surface area contributed by atoms with Crippen LogP contribution in [0.1, 0.15) is 12.0 Å². The SMILES string of the molecule is COc1c(N2CCN(C(=O)C(Cl)(Cl)Cl)CC2)cc(S(=O)(=O)n2cc(C(F)F)c3ccc(F)cc32)c2ccccc12. The van der Waals surface area contributed by atoms with E-state index in [0.29, 0.717) is 20.8 Å². The van der Waals surface area contributed by atoms with Gasteiger partial charge in [0.25, 0.3) is 26.1 Å². The number of hydrogen-bond acceptors (Lipinski definition) is 5. The Bertz CT molecular complexity index is 1730. The van der Waals surface area contributed by atoms with E-state index < -0.39 is 37.5 Å². The van der Waals surface area contributed by atoms with Crippen molar-refractivity contribution in [3.8, 4) is 5.75 Å². The number of aromatic nitrogens is 1. The molecular formula is C26H21Cl3F3N3O4S. The molecule has 1 saturated heterocycles. The van der Waals surface area contributed by atoms with Crippen molar-refractivity contribution in [1.29, 1.82) is 0 Å². The van der Waals surface area contributed by atoms with Crippen molar-refractivity contribution in [2.45, 2.75) is 15.1 Å². The number of ether oxygens (including phenoxy) is 1. The highest BCUT2D eigenvalue weighted by molar-refractivity contribution is 7.90. The van der Waals surface area contributed by atoms with Gasteiger partial charge >= 0.3 is 0 Å². The van der Waals surface area contributed by atoms with E-state index in [1.54, 1.807) is 24.3 Å². The number of halogens is 6. The molecular weight excluding hydrogens is 614 g/mol. The zero-order valence-corrected chi connectivity index (χ0v) is 23.8. The van der Waals surface area contributed by atoms with Gasteiger partial charge in [-0.1, -0.05) is 59.1 Å². The number of carbonyl (C=O) groups is 1. The fraction of sp³-hybridized carbons (Fsp3) is 0.269. The molecule has 0 aliphatic carbocycles. The quantitative estimate of drug-likeness (QED) is 0.247. The van der Waals surface area contributed by atoms with E-state index in [2.05, 4.69) is 0 Å². The molecule has 14 heteroatoms. The van der Waals surface area contributed by atoms with Crippen molar-refractivity contribution >= 4 is 78.1 Å². The number of piperazine rings is 1. The summed E-state index contributed by atoms with van der Waals surface area (Å²) >= 11 is 17.3. The Balaban J connectivity index is 1.67. The van der Waals surface area contributed by atoms with Gasteiger partial charge in [-0.3, -0.25) is 4.79 Å². The van der Waals surface area contributed by atoms with Gasteiger partial charge in [-0.15, -0.1) is 0 Å². The molecule has 3 aromatic carbocycles. The second-order valence-corrected chi connectivity index (χ2v) is 13.2. The maximum atomic E-state index is 14.2. The van der Waals surface area contributed by atoms with Crippen molar-refractivity contribution in [1.82, 2.24) is 8.87 Å². The summed E-state index contributed by atoms with van der Waals surface area (Å²) in [6, 6.07) is 11.0. The predicted molar refractivity (Wildman–Crippen MR) is 149 cm³/mol. The average molecular weight is 635 g/mol. The molecule has 5 rings (SSSR count). The van der Waals surface area contributed by atoms with Crippen molar-refractivity contribution in [3.63, 3.8) is 0 Å². The lowest BCUT2D eigenvalue weighted by atomic mass is 10.1. The van der Waals surface area contributed by atoms with E-state index in [4.69, 9.17) is 39.5 Å². The Morgan fingerprint density at radius 2 is 1.62 bits per heavy atom. The molecule has 0 radical (unpaired) electrons. The minimum Gasteiger partial charge on any atom is -0.494 e. The molecule has 1 aromatic heterocycles. The fourth-order valence-corrected chi connectivity index (χ4v) is 6.92. The number of rotatable bonds is 5. The summed E-state index contributed by atoms with van der Waals surface area (Å²) in [5.41, 5.74) is -0.348. The highest BCUT2D eigenvalue weighted by Crippen LogP contribution is 2.42. The summed E-state index contributed by atoms with van der Waals surface area (Å²) < 4.78 is 74.4. The van der Waals surface area contributed by atoms with Crippen LogP contribution in [0.2, 0.25) is 0 Å². The molecule has 7 nitrogen and oxygen atoms in total. The van der Waals surface area contributed by atoms with Gasteiger partial charge in [0.2, 0.25) is 0 Å². The van der Waals surface area contributed by atoms with Crippen LogP contribution in [0.25, 0.3) is 21.7 Å². The Hall–Kier alpha value is -2.86. The van der Waals surface area contributed by atoms with Crippen molar-refractivity contribution in [2.24, 2.45) is 0 Å². The lowest BCUT2D eigenvalue weighted by molar-refractivity contribution is -0.130. The van der Waals surface area contributed by atoms with Gasteiger partial charge in [-0.05, 0) is 24.3 Å². The van der Waals surface area contributed by atoms with E-state index >= 15 is 0 Å². The zero-order valence-electron chi connectivity index (χ0n) is 20.8. The molecule has 1 amide bonds. The maximum Gasteiger partial charge on any atom is 0.274 e. The fourth-order valence-electron chi connectivity index (χ4n) is 4.97. The molecule has 0 N–H and O–H groups in total. The maximum absolute atomic E-state index is 14.2. The highest BCUT2D eigenvalue weighted by atomic mass is 35.6. The lowest BCUT2D eigenvalue weighted by Crippen LogP contribution is -2.51. The second kappa shape index (κ2) is 10.5. The van der Waals surface area contributed by atoms with Gasteiger partial charge in [-0.25, -0.2) is 25.6 Å². The molecule has 4 aromatic rings. The van der Waals surface area contributed by atoms with E-state index in [0.717, 1.165) is 24.4 Å². The van der Waals surface area contributed by atoms with E-state index in [9.17, 15) is 26.4 Å². The van der Waals surface area contributed by atoms with Gasteiger partial charge in [0.15, 0.2) is 0 Å². The van der Waals surface area contributed by atoms with Gasteiger partial charge in [-0.2, -0.15) is 0 Å². The number of amides is 1. The van der Waals surface area contributed by atoms with Crippen LogP contribution in [0.4, 0.5) is 18.9 Å². The first-order valence-electron chi connectivity index (χ1n) is 11.9. The highest BCUT2D eigenvalue weighted by Gasteiger charge is 2.37. The summed E-state index contributed by atoms with van der Waals surface area (Å²) in [5, 5.41) is 0.662. The first kappa shape index (κ1) is 28.7. The normalized spacial score (nSPS) is 14.9. The summed E-state index contributed by atoms with van der Waals surface area (Å²) in [4.78, 5) is 15.4. The van der Waals surface area contributed by atoms with E-state index in [1.807, 2.05) is 4.90 Å². The number of hydrogen-bond donors (Lipinski definition) is 0. The molecule has 0 atom stereocenters. The molecule has 0 saturated carbocycles. The van der Waals surface area contributed by atoms with E-state index in [1.165, 1.54) is 18.1 Å². The number of nitrogens with zero attached hydrogens (tertiary/aromatic N) is 3. The smallest absolute Gasteiger partial charge is 0.274 e. The first-order chi connectivity index (χ1) is 18.8. The lowest BCUT2D eigenvalue weighted by Gasteiger charge is -2.38. The van der Waals surface area contributed by atoms with Crippen molar-refractivity contribution < 1.29 is 31.1 Å². The van der Waals surface area contributed by atoms with Gasteiger partial charge in [0, 0.05) is 54.1 Å². The van der Waals surface area contributed by atoms with Gasteiger partial charge in [0.1, 0.15) is 11.6 Å². The molecule has 0 spiro atoms. The average Bonchev–Trinajstić information content (AvgIpc) is 3.31. The largest absolute Gasteiger partial charge is 0.494 e. The Morgan fingerprint density at radius 3 is 2.23 bits per heavy atom. The number of carbonyl (C=O) groups excluding carboxylic acids is 1. The Labute approximate surface area is 242 Å². The van der Waals surface area contributed by atoms with Crippen LogP contribution in [-0.4, -0.2) is 60.3 Å². The molecule has 2 heterocycles. The Kier molecular flexibility index (Phi) is 7.54. The second-order valence-electron chi connectivity index (χ2n) is 9.10. The number of benzene rings is 3. The molecule has 1 aliphatic rings. The van der Waals surface area contributed by atoms with Gasteiger partial charge < -0.3 is 14.5 Å². The van der Waals surface area contributed by atoms with Crippen molar-refractivity contribution in [3.05, 3.63) is 66.1 Å². The molecule has 1 aliphatic heterocycles. The number of anilines is 1. The van der Waals surface area contributed by atoms with Crippen LogP contribution in [0.3, 0.4) is 0 Å². The zero-order chi connectivity index (χ0) is 29.0. The predicted octanol–water partition coefficient (Wildman–Crippen LogP) is 6.14. The van der Waals surface area contributed by atoms with Gasteiger partial charge in [0.05, 0.1) is 23.2 Å². The minimum absolute atomic E-state index is 0.0762. The summed E-state index contributed by atoms with van der Waals surface area (Å²) in [7, 11) is -3.09. The van der Waals surface area contributed by atoms with Crippen LogP contribution >= 0.6 is 34.8 Å².